The SMILES string of the molecule is COCCN(c1cc(C(=O)OC)ccc1[N+](=O)[O-])C(C)C. The lowest BCUT2D eigenvalue weighted by Crippen LogP contribution is -2.34. The monoisotopic (exact) mass is 296 g/mol. The van der Waals surface area contributed by atoms with Crippen molar-refractivity contribution in [2.45, 2.75) is 19.9 Å². The number of nitro groups is 1. The molecule has 21 heavy (non-hydrogen) atoms. The van der Waals surface area contributed by atoms with Crippen LogP contribution in [-0.2, 0) is 9.47 Å². The van der Waals surface area contributed by atoms with Crippen LogP contribution in [0.4, 0.5) is 11.4 Å². The van der Waals surface area contributed by atoms with Gasteiger partial charge in [-0.05, 0) is 26.0 Å². The Kier molecular flexibility index (Phi) is 6.10. The van der Waals surface area contributed by atoms with E-state index in [9.17, 15) is 14.9 Å². The standard InChI is InChI=1S/C14H20N2O5/c1-10(2)15(7-8-20-3)13-9-11(14(17)21-4)5-6-12(13)16(18)19/h5-6,9-10H,7-8H2,1-4H3. The van der Waals surface area contributed by atoms with Gasteiger partial charge in [-0.2, -0.15) is 0 Å². The minimum Gasteiger partial charge on any atom is -0.465 e. The zero-order chi connectivity index (χ0) is 16.0. The van der Waals surface area contributed by atoms with E-state index in [0.717, 1.165) is 0 Å². The van der Waals surface area contributed by atoms with Crippen molar-refractivity contribution in [2.24, 2.45) is 0 Å². The maximum atomic E-state index is 11.6. The van der Waals surface area contributed by atoms with E-state index < -0.39 is 10.9 Å². The fourth-order valence-electron chi connectivity index (χ4n) is 2.00. The van der Waals surface area contributed by atoms with Crippen molar-refractivity contribution in [3.8, 4) is 0 Å². The highest BCUT2D eigenvalue weighted by Gasteiger charge is 2.23. The van der Waals surface area contributed by atoms with Crippen LogP contribution in [0.25, 0.3) is 0 Å². The Morgan fingerprint density at radius 3 is 2.52 bits per heavy atom. The molecule has 0 heterocycles. The molecular formula is C14H20N2O5. The highest BCUT2D eigenvalue weighted by Crippen LogP contribution is 2.30. The molecule has 0 spiro atoms. The summed E-state index contributed by atoms with van der Waals surface area (Å²) in [7, 11) is 2.84. The third kappa shape index (κ3) is 4.16. The summed E-state index contributed by atoms with van der Waals surface area (Å²) in [5.41, 5.74) is 0.614. The highest BCUT2D eigenvalue weighted by atomic mass is 16.6. The van der Waals surface area contributed by atoms with Gasteiger partial charge in [0.25, 0.3) is 5.69 Å². The van der Waals surface area contributed by atoms with Gasteiger partial charge >= 0.3 is 5.97 Å². The highest BCUT2D eigenvalue weighted by molar-refractivity contribution is 5.91. The van der Waals surface area contributed by atoms with Crippen molar-refractivity contribution in [1.29, 1.82) is 0 Å². The average Bonchev–Trinajstić information content (AvgIpc) is 2.46. The summed E-state index contributed by atoms with van der Waals surface area (Å²) >= 11 is 0. The first-order chi connectivity index (χ1) is 9.92. The lowest BCUT2D eigenvalue weighted by molar-refractivity contribution is -0.384. The first-order valence-corrected chi connectivity index (χ1v) is 6.54. The summed E-state index contributed by atoms with van der Waals surface area (Å²) in [5, 5.41) is 11.2. The fourth-order valence-corrected chi connectivity index (χ4v) is 2.00. The molecule has 1 rings (SSSR count). The second-order valence-electron chi connectivity index (χ2n) is 4.73. The van der Waals surface area contributed by atoms with E-state index >= 15 is 0 Å². The predicted octanol–water partition coefficient (Wildman–Crippen LogP) is 2.24. The number of benzene rings is 1. The third-order valence-corrected chi connectivity index (χ3v) is 3.06. The number of nitro benzene ring substituents is 1. The summed E-state index contributed by atoms with van der Waals surface area (Å²) in [6.45, 7) is 4.76. The van der Waals surface area contributed by atoms with Gasteiger partial charge in [0.15, 0.2) is 0 Å². The molecule has 0 saturated carbocycles. The Hall–Kier alpha value is -2.15. The smallest absolute Gasteiger partial charge is 0.337 e. The van der Waals surface area contributed by atoms with Gasteiger partial charge in [0.1, 0.15) is 5.69 Å². The van der Waals surface area contributed by atoms with Crippen LogP contribution >= 0.6 is 0 Å². The molecule has 0 aliphatic carbocycles. The van der Waals surface area contributed by atoms with Crippen molar-refractivity contribution in [2.75, 3.05) is 32.3 Å². The number of carbonyl (C=O) groups is 1. The second kappa shape index (κ2) is 7.58. The van der Waals surface area contributed by atoms with Gasteiger partial charge in [-0.1, -0.05) is 0 Å². The third-order valence-electron chi connectivity index (χ3n) is 3.06. The number of rotatable bonds is 7. The van der Waals surface area contributed by atoms with E-state index in [2.05, 4.69) is 4.74 Å². The van der Waals surface area contributed by atoms with E-state index in [-0.39, 0.29) is 17.3 Å². The van der Waals surface area contributed by atoms with Crippen LogP contribution in [0, 0.1) is 10.1 Å². The van der Waals surface area contributed by atoms with Crippen molar-refractivity contribution in [1.82, 2.24) is 0 Å². The molecule has 7 nitrogen and oxygen atoms in total. The van der Waals surface area contributed by atoms with Gasteiger partial charge in [-0.3, -0.25) is 10.1 Å². The minimum absolute atomic E-state index is 0.0201. The molecule has 0 aliphatic rings. The maximum Gasteiger partial charge on any atom is 0.337 e. The summed E-state index contributed by atoms with van der Waals surface area (Å²) in [6, 6.07) is 4.22. The normalized spacial score (nSPS) is 10.5. The Morgan fingerprint density at radius 1 is 1.38 bits per heavy atom. The van der Waals surface area contributed by atoms with Gasteiger partial charge in [-0.15, -0.1) is 0 Å². The minimum atomic E-state index is -0.526. The number of esters is 1. The van der Waals surface area contributed by atoms with Gasteiger partial charge in [0, 0.05) is 25.8 Å². The number of carbonyl (C=O) groups excluding carboxylic acids is 1. The van der Waals surface area contributed by atoms with Crippen molar-refractivity contribution in [3.63, 3.8) is 0 Å². The molecule has 0 bridgehead atoms. The van der Waals surface area contributed by atoms with E-state index in [1.165, 1.54) is 25.3 Å². The molecule has 0 N–H and O–H groups in total. The first-order valence-electron chi connectivity index (χ1n) is 6.54. The van der Waals surface area contributed by atoms with Crippen LogP contribution < -0.4 is 4.90 Å². The maximum absolute atomic E-state index is 11.6. The first kappa shape index (κ1) is 16.9. The molecule has 1 aromatic rings. The summed E-state index contributed by atoms with van der Waals surface area (Å²) in [4.78, 5) is 24.2. The lowest BCUT2D eigenvalue weighted by atomic mass is 10.1. The van der Waals surface area contributed by atoms with Crippen LogP contribution in [-0.4, -0.2) is 44.3 Å². The van der Waals surface area contributed by atoms with Crippen LogP contribution in [0.2, 0.25) is 0 Å². The molecule has 0 fully saturated rings. The quantitative estimate of drug-likeness (QED) is 0.436. The summed E-state index contributed by atoms with van der Waals surface area (Å²) in [6.07, 6.45) is 0. The molecule has 0 aliphatic heterocycles. The second-order valence-corrected chi connectivity index (χ2v) is 4.73. The van der Waals surface area contributed by atoms with Gasteiger partial charge in [-0.25, -0.2) is 4.79 Å². The Morgan fingerprint density at radius 2 is 2.05 bits per heavy atom. The Balaban J connectivity index is 3.31. The van der Waals surface area contributed by atoms with E-state index in [1.54, 1.807) is 7.11 Å². The molecule has 0 aromatic heterocycles. The molecule has 7 heteroatoms. The number of anilines is 1. The number of hydrogen-bond acceptors (Lipinski definition) is 6. The summed E-state index contributed by atoms with van der Waals surface area (Å²) < 4.78 is 9.70. The van der Waals surface area contributed by atoms with Gasteiger partial charge in [0.05, 0.1) is 24.2 Å². The molecule has 0 unspecified atom stereocenters. The van der Waals surface area contributed by atoms with Crippen LogP contribution in [0.3, 0.4) is 0 Å². The molecule has 0 amide bonds. The average molecular weight is 296 g/mol. The lowest BCUT2D eigenvalue weighted by Gasteiger charge is -2.28. The zero-order valence-corrected chi connectivity index (χ0v) is 12.7. The topological polar surface area (TPSA) is 81.9 Å². The van der Waals surface area contributed by atoms with E-state index in [1.807, 2.05) is 18.7 Å². The predicted molar refractivity (Wildman–Crippen MR) is 78.8 cm³/mol. The van der Waals surface area contributed by atoms with E-state index in [0.29, 0.717) is 18.8 Å². The summed E-state index contributed by atoms with van der Waals surface area (Å²) in [5.74, 6) is -0.526. The zero-order valence-electron chi connectivity index (χ0n) is 12.7. The Labute approximate surface area is 123 Å². The number of ether oxygens (including phenoxy) is 2. The largest absolute Gasteiger partial charge is 0.465 e. The van der Waals surface area contributed by atoms with Crippen LogP contribution in [0.1, 0.15) is 24.2 Å². The van der Waals surface area contributed by atoms with Crippen LogP contribution in [0.5, 0.6) is 0 Å². The van der Waals surface area contributed by atoms with Crippen molar-refractivity contribution >= 4 is 17.3 Å². The Bertz CT molecular complexity index is 516. The molecule has 0 atom stereocenters. The molecular weight excluding hydrogens is 276 g/mol. The fraction of sp³-hybridized carbons (Fsp3) is 0.500. The van der Waals surface area contributed by atoms with Gasteiger partial charge < -0.3 is 14.4 Å². The number of hydrogen-bond donors (Lipinski definition) is 0. The number of methoxy groups -OCH3 is 2. The van der Waals surface area contributed by atoms with Crippen LogP contribution in [0.15, 0.2) is 18.2 Å². The molecule has 116 valence electrons. The molecule has 0 radical (unpaired) electrons. The van der Waals surface area contributed by atoms with Gasteiger partial charge in [0.2, 0.25) is 0 Å². The molecule has 1 aromatic carbocycles. The van der Waals surface area contributed by atoms with Crippen molar-refractivity contribution < 1.29 is 19.2 Å². The molecule has 0 saturated heterocycles. The van der Waals surface area contributed by atoms with E-state index in [4.69, 9.17) is 4.74 Å². The number of nitrogens with zero attached hydrogens (tertiary/aromatic N) is 2. The van der Waals surface area contributed by atoms with Crippen molar-refractivity contribution in [3.05, 3.63) is 33.9 Å².